The minimum Gasteiger partial charge on any atom is -0.493 e. The van der Waals surface area contributed by atoms with Crippen molar-refractivity contribution in [3.63, 3.8) is 0 Å². The van der Waals surface area contributed by atoms with Gasteiger partial charge in [0.25, 0.3) is 0 Å². The molecule has 24 heavy (non-hydrogen) atoms. The minimum atomic E-state index is -1.19. The maximum atomic E-state index is 12.6. The van der Waals surface area contributed by atoms with Gasteiger partial charge in [-0.05, 0) is 24.3 Å². The maximum Gasteiger partial charge on any atom is 0.161 e. The van der Waals surface area contributed by atoms with Crippen molar-refractivity contribution >= 4 is 10.8 Å². The molecule has 124 valence electrons. The van der Waals surface area contributed by atoms with Crippen molar-refractivity contribution < 1.29 is 13.7 Å². The summed E-state index contributed by atoms with van der Waals surface area (Å²) in [7, 11) is 1.95. The van der Waals surface area contributed by atoms with Gasteiger partial charge in [0.2, 0.25) is 0 Å². The van der Waals surface area contributed by atoms with Crippen molar-refractivity contribution in [2.75, 3.05) is 14.2 Å². The second-order valence-electron chi connectivity index (χ2n) is 5.14. The predicted molar refractivity (Wildman–Crippen MR) is 93.2 cm³/mol. The van der Waals surface area contributed by atoms with Crippen molar-refractivity contribution in [2.45, 2.75) is 10.6 Å². The fourth-order valence-electron chi connectivity index (χ4n) is 2.35. The Hall–Kier alpha value is -2.60. The van der Waals surface area contributed by atoms with Gasteiger partial charge in [0.15, 0.2) is 11.5 Å². The molecule has 1 aromatic heterocycles. The Bertz CT molecular complexity index is 846. The predicted octanol–water partition coefficient (Wildman–Crippen LogP) is 3.20. The number of nitrogens with zero attached hydrogens (tertiary/aromatic N) is 2. The van der Waals surface area contributed by atoms with Crippen LogP contribution in [0.1, 0.15) is 5.56 Å². The molecule has 0 saturated heterocycles. The van der Waals surface area contributed by atoms with Crippen LogP contribution in [0.25, 0.3) is 5.69 Å². The lowest BCUT2D eigenvalue weighted by molar-refractivity contribution is 0.354. The summed E-state index contributed by atoms with van der Waals surface area (Å²) in [5.74, 6) is 1.58. The highest BCUT2D eigenvalue weighted by atomic mass is 32.2. The smallest absolute Gasteiger partial charge is 0.161 e. The van der Waals surface area contributed by atoms with Crippen LogP contribution in [0.3, 0.4) is 0 Å². The minimum absolute atomic E-state index is 0.391. The second-order valence-corrected chi connectivity index (χ2v) is 6.59. The molecular weight excluding hydrogens is 324 g/mol. The van der Waals surface area contributed by atoms with Gasteiger partial charge in [-0.3, -0.25) is 4.21 Å². The van der Waals surface area contributed by atoms with Crippen LogP contribution < -0.4 is 9.47 Å². The van der Waals surface area contributed by atoms with Crippen molar-refractivity contribution in [1.29, 1.82) is 0 Å². The van der Waals surface area contributed by atoms with E-state index < -0.39 is 10.8 Å². The largest absolute Gasteiger partial charge is 0.493 e. The molecule has 0 spiro atoms. The van der Waals surface area contributed by atoms with Crippen molar-refractivity contribution in [2.24, 2.45) is 0 Å². The molecule has 0 aliphatic rings. The third-order valence-electron chi connectivity index (χ3n) is 3.57. The summed E-state index contributed by atoms with van der Waals surface area (Å²) in [6, 6.07) is 15.1. The van der Waals surface area contributed by atoms with E-state index in [2.05, 4.69) is 5.10 Å². The lowest BCUT2D eigenvalue weighted by Crippen LogP contribution is -1.98. The average molecular weight is 342 g/mol. The topological polar surface area (TPSA) is 53.3 Å². The monoisotopic (exact) mass is 342 g/mol. The van der Waals surface area contributed by atoms with Gasteiger partial charge in [-0.15, -0.1) is 0 Å². The van der Waals surface area contributed by atoms with E-state index >= 15 is 0 Å². The number of methoxy groups -OCH3 is 2. The van der Waals surface area contributed by atoms with Gasteiger partial charge in [0, 0.05) is 22.7 Å². The zero-order chi connectivity index (χ0) is 16.9. The van der Waals surface area contributed by atoms with Crippen molar-refractivity contribution in [3.8, 4) is 17.2 Å². The highest BCUT2D eigenvalue weighted by Gasteiger charge is 2.11. The second kappa shape index (κ2) is 7.31. The van der Waals surface area contributed by atoms with Crippen LogP contribution >= 0.6 is 0 Å². The molecule has 0 N–H and O–H groups in total. The average Bonchev–Trinajstić information content (AvgIpc) is 3.10. The van der Waals surface area contributed by atoms with E-state index in [0.29, 0.717) is 22.1 Å². The van der Waals surface area contributed by atoms with Crippen LogP contribution in [-0.4, -0.2) is 28.2 Å². The van der Waals surface area contributed by atoms with Crippen LogP contribution in [-0.2, 0) is 16.6 Å². The zero-order valence-corrected chi connectivity index (χ0v) is 14.3. The van der Waals surface area contributed by atoms with E-state index in [1.807, 2.05) is 36.5 Å². The summed E-state index contributed by atoms with van der Waals surface area (Å²) in [6.07, 6.45) is 3.64. The van der Waals surface area contributed by atoms with Crippen LogP contribution in [0.5, 0.6) is 11.5 Å². The molecular formula is C18H18N2O3S. The Morgan fingerprint density at radius 3 is 2.50 bits per heavy atom. The first-order chi connectivity index (χ1) is 11.7. The van der Waals surface area contributed by atoms with Crippen LogP contribution in [0.15, 0.2) is 65.8 Å². The molecule has 2 aromatic carbocycles. The quantitative estimate of drug-likeness (QED) is 0.690. The fraction of sp³-hybridized carbons (Fsp3) is 0.167. The van der Waals surface area contributed by atoms with Crippen molar-refractivity contribution in [3.05, 3.63) is 66.5 Å². The van der Waals surface area contributed by atoms with Gasteiger partial charge < -0.3 is 9.47 Å². The summed E-state index contributed by atoms with van der Waals surface area (Å²) >= 11 is 0. The van der Waals surface area contributed by atoms with E-state index in [0.717, 1.165) is 11.3 Å². The number of para-hydroxylation sites is 1. The Balaban J connectivity index is 1.77. The number of aromatic nitrogens is 2. The number of benzene rings is 2. The van der Waals surface area contributed by atoms with Gasteiger partial charge in [-0.2, -0.15) is 5.10 Å². The lowest BCUT2D eigenvalue weighted by atomic mass is 10.3. The van der Waals surface area contributed by atoms with Gasteiger partial charge in [-0.1, -0.05) is 18.2 Å². The molecule has 0 aliphatic carbocycles. The van der Waals surface area contributed by atoms with Crippen LogP contribution in [0.2, 0.25) is 0 Å². The molecule has 6 heteroatoms. The summed E-state index contributed by atoms with van der Waals surface area (Å²) in [5.41, 5.74) is 1.88. The molecule has 0 saturated carbocycles. The standard InChI is InChI=1S/C18H18N2O3S/c1-22-17-9-8-16(10-18(17)23-2)24(21)13-14-11-19-20(12-14)15-6-4-3-5-7-15/h3-12H,13H2,1-2H3. The van der Waals surface area contributed by atoms with Crippen LogP contribution in [0, 0.1) is 0 Å². The van der Waals surface area contributed by atoms with E-state index in [-0.39, 0.29) is 0 Å². The molecule has 1 heterocycles. The molecule has 5 nitrogen and oxygen atoms in total. The third-order valence-corrected chi connectivity index (χ3v) is 4.95. The van der Waals surface area contributed by atoms with Gasteiger partial charge in [-0.25, -0.2) is 4.68 Å². The maximum absolute atomic E-state index is 12.6. The molecule has 0 radical (unpaired) electrons. The van der Waals surface area contributed by atoms with Crippen molar-refractivity contribution in [1.82, 2.24) is 9.78 Å². The molecule has 3 rings (SSSR count). The number of hydrogen-bond donors (Lipinski definition) is 0. The highest BCUT2D eigenvalue weighted by molar-refractivity contribution is 7.84. The lowest BCUT2D eigenvalue weighted by Gasteiger charge is -2.09. The number of hydrogen-bond acceptors (Lipinski definition) is 4. The summed E-state index contributed by atoms with van der Waals surface area (Å²) in [6.45, 7) is 0. The molecule has 0 aliphatic heterocycles. The Labute approximate surface area is 143 Å². The van der Waals surface area contributed by atoms with Gasteiger partial charge in [0.05, 0.1) is 42.7 Å². The zero-order valence-electron chi connectivity index (χ0n) is 13.5. The fourth-order valence-corrected chi connectivity index (χ4v) is 3.43. The molecule has 1 unspecified atom stereocenters. The van der Waals surface area contributed by atoms with Gasteiger partial charge in [0.1, 0.15) is 0 Å². The summed E-state index contributed by atoms with van der Waals surface area (Å²) in [4.78, 5) is 0.695. The number of ether oxygens (including phenoxy) is 2. The Morgan fingerprint density at radius 2 is 1.79 bits per heavy atom. The highest BCUT2D eigenvalue weighted by Crippen LogP contribution is 2.29. The van der Waals surface area contributed by atoms with Gasteiger partial charge >= 0.3 is 0 Å². The van der Waals surface area contributed by atoms with E-state index in [1.54, 1.807) is 43.3 Å². The molecule has 0 amide bonds. The molecule has 0 bridgehead atoms. The molecule has 3 aromatic rings. The number of rotatable bonds is 6. The van der Waals surface area contributed by atoms with Crippen LogP contribution in [0.4, 0.5) is 0 Å². The molecule has 0 fully saturated rings. The summed E-state index contributed by atoms with van der Waals surface area (Å²) in [5, 5.41) is 4.33. The first-order valence-corrected chi connectivity index (χ1v) is 8.72. The SMILES string of the molecule is COc1ccc(S(=O)Cc2cnn(-c3ccccc3)c2)cc1OC. The third kappa shape index (κ3) is 3.49. The Kier molecular flexibility index (Phi) is 4.96. The van der Waals surface area contributed by atoms with E-state index in [9.17, 15) is 4.21 Å². The normalized spacial score (nSPS) is 11.9. The summed E-state index contributed by atoms with van der Waals surface area (Å²) < 4.78 is 24.9. The first kappa shape index (κ1) is 16.3. The molecule has 1 atom stereocenters. The first-order valence-electron chi connectivity index (χ1n) is 7.40. The Morgan fingerprint density at radius 1 is 1.04 bits per heavy atom. The van der Waals surface area contributed by atoms with E-state index in [4.69, 9.17) is 9.47 Å². The van der Waals surface area contributed by atoms with E-state index in [1.165, 1.54) is 0 Å².